The van der Waals surface area contributed by atoms with Gasteiger partial charge in [-0.25, -0.2) is 8.42 Å². The van der Waals surface area contributed by atoms with Crippen molar-refractivity contribution in [2.45, 2.75) is 48.5 Å². The van der Waals surface area contributed by atoms with E-state index in [0.717, 1.165) is 28.4 Å². The van der Waals surface area contributed by atoms with Gasteiger partial charge in [0, 0.05) is 36.6 Å². The van der Waals surface area contributed by atoms with Gasteiger partial charge in [0.15, 0.2) is 21.4 Å². The molecule has 3 aromatic rings. The molecule has 9 nitrogen and oxygen atoms in total. The van der Waals surface area contributed by atoms with E-state index in [-0.39, 0.29) is 17.7 Å². The molecule has 2 aromatic heterocycles. The molecule has 0 radical (unpaired) electrons. The van der Waals surface area contributed by atoms with Gasteiger partial charge in [-0.2, -0.15) is 10.1 Å². The van der Waals surface area contributed by atoms with Crippen molar-refractivity contribution < 1.29 is 17.7 Å². The van der Waals surface area contributed by atoms with Gasteiger partial charge >= 0.3 is 0 Å². The highest BCUT2D eigenvalue weighted by Crippen LogP contribution is 2.51. The minimum Gasteiger partial charge on any atom is -0.335 e. The van der Waals surface area contributed by atoms with Crippen molar-refractivity contribution in [3.8, 4) is 11.6 Å². The fourth-order valence-electron chi connectivity index (χ4n) is 4.85. The molecule has 178 valence electrons. The predicted molar refractivity (Wildman–Crippen MR) is 127 cm³/mol. The molecule has 0 N–H and O–H groups in total. The van der Waals surface area contributed by atoms with Gasteiger partial charge in [-0.15, -0.1) is 0 Å². The van der Waals surface area contributed by atoms with Crippen molar-refractivity contribution in [1.29, 1.82) is 0 Å². The van der Waals surface area contributed by atoms with Gasteiger partial charge in [0.25, 0.3) is 11.8 Å². The monoisotopic (exact) mass is 545 g/mol. The number of benzene rings is 1. The number of carbonyl (C=O) groups excluding carboxylic acids is 1. The Morgan fingerprint density at radius 2 is 1.94 bits per heavy atom. The molecule has 0 saturated heterocycles. The van der Waals surface area contributed by atoms with E-state index < -0.39 is 14.6 Å². The molecular weight excluding hydrogens is 522 g/mol. The molecule has 11 heteroatoms. The van der Waals surface area contributed by atoms with E-state index in [9.17, 15) is 13.2 Å². The highest BCUT2D eigenvalue weighted by Gasteiger charge is 2.60. The van der Waals surface area contributed by atoms with Crippen LogP contribution in [0.4, 0.5) is 0 Å². The van der Waals surface area contributed by atoms with Crippen LogP contribution in [0.1, 0.15) is 53.1 Å². The lowest BCUT2D eigenvalue weighted by atomic mass is 10.0. The van der Waals surface area contributed by atoms with Gasteiger partial charge < -0.3 is 9.42 Å². The third-order valence-electron chi connectivity index (χ3n) is 7.07. The quantitative estimate of drug-likeness (QED) is 0.448. The maximum absolute atomic E-state index is 13.4. The number of aromatic nitrogens is 4. The zero-order chi connectivity index (χ0) is 23.7. The number of hydrogen-bond donors (Lipinski definition) is 0. The average molecular weight is 546 g/mol. The van der Waals surface area contributed by atoms with Gasteiger partial charge in [0.2, 0.25) is 0 Å². The largest absolute Gasteiger partial charge is 0.335 e. The first-order chi connectivity index (χ1) is 16.3. The summed E-state index contributed by atoms with van der Waals surface area (Å²) in [5, 5.41) is 8.42. The predicted octanol–water partition coefficient (Wildman–Crippen LogP) is 2.93. The number of sulfone groups is 1. The van der Waals surface area contributed by atoms with E-state index in [1.165, 1.54) is 0 Å². The molecule has 6 rings (SSSR count). The van der Waals surface area contributed by atoms with Crippen LogP contribution in [0.15, 0.2) is 33.3 Å². The summed E-state index contributed by atoms with van der Waals surface area (Å²) in [6.07, 6.45) is 3.87. The normalized spacial score (nSPS) is 19.4. The second-order valence-electron chi connectivity index (χ2n) is 9.52. The Bertz CT molecular complexity index is 1390. The SMILES string of the molecule is Cn1nc(-c2nc(Cc3ccc(Br)cc3)no2)c2c1C(=O)N(CC1(S(=O)(=O)C3CC3)CC1)CC2. The maximum Gasteiger partial charge on any atom is 0.278 e. The van der Waals surface area contributed by atoms with Crippen LogP contribution in [0, 0.1) is 0 Å². The summed E-state index contributed by atoms with van der Waals surface area (Å²) in [6.45, 7) is 0.717. The van der Waals surface area contributed by atoms with Gasteiger partial charge in [-0.1, -0.05) is 33.2 Å². The first-order valence-corrected chi connectivity index (χ1v) is 13.8. The molecule has 1 aliphatic heterocycles. The third kappa shape index (κ3) is 3.60. The Kier molecular flexibility index (Phi) is 5.00. The fraction of sp³-hybridized carbons (Fsp3) is 0.478. The summed E-state index contributed by atoms with van der Waals surface area (Å²) in [7, 11) is -1.46. The number of hydrogen-bond acceptors (Lipinski definition) is 7. The van der Waals surface area contributed by atoms with Gasteiger partial charge in [-0.3, -0.25) is 9.48 Å². The number of carbonyl (C=O) groups is 1. The van der Waals surface area contributed by atoms with E-state index in [2.05, 4.69) is 31.2 Å². The Morgan fingerprint density at radius 3 is 2.62 bits per heavy atom. The molecule has 0 bridgehead atoms. The van der Waals surface area contributed by atoms with Crippen LogP contribution < -0.4 is 0 Å². The van der Waals surface area contributed by atoms with Crippen molar-refractivity contribution in [1.82, 2.24) is 24.8 Å². The molecule has 2 fully saturated rings. The van der Waals surface area contributed by atoms with Crippen LogP contribution in [-0.4, -0.2) is 62.2 Å². The van der Waals surface area contributed by atoms with E-state index in [1.807, 2.05) is 24.3 Å². The second kappa shape index (κ2) is 7.74. The van der Waals surface area contributed by atoms with Crippen LogP contribution in [0.3, 0.4) is 0 Å². The lowest BCUT2D eigenvalue weighted by Crippen LogP contribution is -2.46. The van der Waals surface area contributed by atoms with Crippen LogP contribution in [-0.2, 0) is 29.7 Å². The Balaban J connectivity index is 1.23. The number of halogens is 1. The van der Waals surface area contributed by atoms with Crippen molar-refractivity contribution in [2.24, 2.45) is 7.05 Å². The Morgan fingerprint density at radius 1 is 1.21 bits per heavy atom. The zero-order valence-electron chi connectivity index (χ0n) is 18.7. The summed E-state index contributed by atoms with van der Waals surface area (Å²) in [6, 6.07) is 7.91. The number of fused-ring (bicyclic) bond motifs is 1. The summed E-state index contributed by atoms with van der Waals surface area (Å²) in [4.78, 5) is 19.6. The smallest absolute Gasteiger partial charge is 0.278 e. The Hall–Kier alpha value is -2.53. The van der Waals surface area contributed by atoms with Crippen molar-refractivity contribution in [3.05, 3.63) is 51.4 Å². The Labute approximate surface area is 205 Å². The zero-order valence-corrected chi connectivity index (χ0v) is 21.1. The minimum atomic E-state index is -3.18. The number of nitrogens with zero attached hydrogens (tertiary/aromatic N) is 5. The first kappa shape index (κ1) is 22.0. The van der Waals surface area contributed by atoms with Gasteiger partial charge in [0.1, 0.15) is 5.69 Å². The van der Waals surface area contributed by atoms with Crippen molar-refractivity contribution in [2.75, 3.05) is 13.1 Å². The minimum absolute atomic E-state index is 0.186. The van der Waals surface area contributed by atoms with Crippen LogP contribution in [0.2, 0.25) is 0 Å². The van der Waals surface area contributed by atoms with Crippen LogP contribution in [0.25, 0.3) is 11.6 Å². The van der Waals surface area contributed by atoms with Crippen LogP contribution >= 0.6 is 15.9 Å². The number of rotatable bonds is 7. The first-order valence-electron chi connectivity index (χ1n) is 11.4. The molecule has 2 saturated carbocycles. The molecule has 2 aliphatic carbocycles. The third-order valence-corrected chi connectivity index (χ3v) is 10.7. The molecular formula is C23H24BrN5O4S. The molecule has 0 atom stereocenters. The number of aryl methyl sites for hydroxylation is 1. The molecule has 34 heavy (non-hydrogen) atoms. The van der Waals surface area contributed by atoms with Gasteiger partial charge in [0.05, 0.1) is 10.00 Å². The molecule has 3 heterocycles. The van der Waals surface area contributed by atoms with Gasteiger partial charge in [-0.05, 0) is 49.8 Å². The maximum atomic E-state index is 13.4. The van der Waals surface area contributed by atoms with Crippen molar-refractivity contribution >= 4 is 31.7 Å². The molecule has 1 amide bonds. The molecule has 1 aromatic carbocycles. The number of amides is 1. The van der Waals surface area contributed by atoms with E-state index >= 15 is 0 Å². The van der Waals surface area contributed by atoms with E-state index in [0.29, 0.717) is 55.3 Å². The molecule has 3 aliphatic rings. The summed E-state index contributed by atoms with van der Waals surface area (Å²) < 4.78 is 33.2. The topological polar surface area (TPSA) is 111 Å². The lowest BCUT2D eigenvalue weighted by Gasteiger charge is -2.31. The fourth-order valence-corrected chi connectivity index (χ4v) is 7.59. The molecule has 0 spiro atoms. The summed E-state index contributed by atoms with van der Waals surface area (Å²) >= 11 is 3.43. The lowest BCUT2D eigenvalue weighted by molar-refractivity contribution is 0.0724. The van der Waals surface area contributed by atoms with E-state index in [4.69, 9.17) is 4.52 Å². The summed E-state index contributed by atoms with van der Waals surface area (Å²) in [5.41, 5.74) is 2.82. The highest BCUT2D eigenvalue weighted by molar-refractivity contribution is 9.10. The van der Waals surface area contributed by atoms with Crippen LogP contribution in [0.5, 0.6) is 0 Å². The second-order valence-corrected chi connectivity index (χ2v) is 13.1. The standard InChI is InChI=1S/C23H24BrN5O4S/c1-28-20-17(8-11-29(22(20)30)13-23(9-10-23)34(31,32)16-6-7-16)19(26-28)21-25-18(27-33-21)12-14-2-4-15(24)5-3-14/h2-5,16H,6-13H2,1H3. The highest BCUT2D eigenvalue weighted by atomic mass is 79.9. The van der Waals surface area contributed by atoms with E-state index in [1.54, 1.807) is 16.6 Å². The molecule has 0 unspecified atom stereocenters. The van der Waals surface area contributed by atoms with Crippen molar-refractivity contribution in [3.63, 3.8) is 0 Å². The summed E-state index contributed by atoms with van der Waals surface area (Å²) in [5.74, 6) is 0.649. The average Bonchev–Trinajstić information content (AvgIpc) is 3.73.